The maximum absolute atomic E-state index is 13.8. The van der Waals surface area contributed by atoms with E-state index >= 15 is 0 Å². The van der Waals surface area contributed by atoms with Gasteiger partial charge in [0, 0.05) is 31.1 Å². The van der Waals surface area contributed by atoms with Gasteiger partial charge in [-0.3, -0.25) is 14.4 Å². The highest BCUT2D eigenvalue weighted by atomic mass is 32.1. The molecule has 0 bridgehead atoms. The van der Waals surface area contributed by atoms with Gasteiger partial charge in [0.25, 0.3) is 5.91 Å². The van der Waals surface area contributed by atoms with Gasteiger partial charge in [0.05, 0.1) is 47.6 Å². The third kappa shape index (κ3) is 12.9. The topological polar surface area (TPSA) is 155 Å². The second kappa shape index (κ2) is 19.1. The van der Waals surface area contributed by atoms with Crippen molar-refractivity contribution in [1.82, 2.24) is 15.1 Å². The second-order valence-electron chi connectivity index (χ2n) is 13.2. The SMILES string of the molecule is COC(=O)C(CCC(N)=O)NC(=O)c1ccc(NCC#Cc2sc3c(NC4CCN(C(=O)CN(C)C)CC4)cccc3c2CC(F)(F)F)c(OCC(F)(F)F)c1. The van der Waals surface area contributed by atoms with E-state index in [1.165, 1.54) is 12.1 Å². The summed E-state index contributed by atoms with van der Waals surface area (Å²) in [6.07, 6.45) is -9.67. The van der Waals surface area contributed by atoms with Gasteiger partial charge in [-0.1, -0.05) is 24.0 Å². The van der Waals surface area contributed by atoms with E-state index in [0.717, 1.165) is 24.5 Å². The van der Waals surface area contributed by atoms with Gasteiger partial charge in [-0.05, 0) is 68.6 Å². The third-order valence-corrected chi connectivity index (χ3v) is 9.73. The van der Waals surface area contributed by atoms with Crippen LogP contribution < -0.4 is 26.4 Å². The number of hydrogen-bond donors (Lipinski definition) is 4. The lowest BCUT2D eigenvalue weighted by molar-refractivity contribution is -0.153. The van der Waals surface area contributed by atoms with Crippen molar-refractivity contribution in [3.8, 4) is 17.6 Å². The standard InChI is InChI=1S/C37H42F6N6O6S/c1-48(2)20-32(51)49-16-13-23(14-17-49)46-27-7-4-6-24-25(19-36(38,39)40)30(56-33(24)27)8-5-15-45-26-10-9-22(18-29(26)55-21-37(41,42)43)34(52)47-28(35(53)54-3)11-12-31(44)50/h4,6-7,9-10,18,23,28,45-46H,11-17,19-21H2,1-3H3,(H2,44,50)(H,47,52). The summed E-state index contributed by atoms with van der Waals surface area (Å²) in [5.41, 5.74) is 5.56. The molecule has 3 amide bonds. The monoisotopic (exact) mass is 812 g/mol. The number of methoxy groups -OCH3 is 1. The lowest BCUT2D eigenvalue weighted by atomic mass is 10.0. The van der Waals surface area contributed by atoms with Gasteiger partial charge >= 0.3 is 18.3 Å². The summed E-state index contributed by atoms with van der Waals surface area (Å²) in [5, 5.41) is 8.98. The van der Waals surface area contributed by atoms with Gasteiger partial charge in [-0.2, -0.15) is 26.3 Å². The number of benzene rings is 2. The van der Waals surface area contributed by atoms with Gasteiger partial charge in [0.1, 0.15) is 11.8 Å². The number of nitrogens with zero attached hydrogens (tertiary/aromatic N) is 2. The zero-order valence-electron chi connectivity index (χ0n) is 30.8. The molecule has 1 fully saturated rings. The molecule has 0 saturated carbocycles. The molecular weight excluding hydrogens is 770 g/mol. The fraction of sp³-hybridized carbons (Fsp3) is 0.459. The summed E-state index contributed by atoms with van der Waals surface area (Å²) in [6, 6.07) is 7.23. The Labute approximate surface area is 323 Å². The first-order chi connectivity index (χ1) is 26.3. The highest BCUT2D eigenvalue weighted by Crippen LogP contribution is 2.39. The molecule has 1 atom stereocenters. The average Bonchev–Trinajstić information content (AvgIpc) is 3.46. The number of amides is 3. The molecule has 19 heteroatoms. The minimum Gasteiger partial charge on any atom is -0.482 e. The summed E-state index contributed by atoms with van der Waals surface area (Å²) in [7, 11) is 4.70. The summed E-state index contributed by atoms with van der Waals surface area (Å²) in [6.45, 7) is -0.564. The molecule has 3 aromatic rings. The molecule has 4 rings (SSSR count). The first kappa shape index (κ1) is 43.5. The molecule has 56 heavy (non-hydrogen) atoms. The summed E-state index contributed by atoms with van der Waals surface area (Å²) < 4.78 is 91.0. The number of likely N-dealkylation sites (N-methyl/N-ethyl adjacent to an activating group) is 1. The van der Waals surface area contributed by atoms with Gasteiger partial charge in [-0.25, -0.2) is 4.79 Å². The summed E-state index contributed by atoms with van der Waals surface area (Å²) >= 11 is 1.08. The number of nitrogens with one attached hydrogen (secondary N) is 3. The number of likely N-dealkylation sites (tertiary alicyclic amines) is 1. The van der Waals surface area contributed by atoms with Crippen molar-refractivity contribution in [2.75, 3.05) is 64.6 Å². The van der Waals surface area contributed by atoms with E-state index in [9.17, 15) is 45.5 Å². The quantitative estimate of drug-likeness (QED) is 0.0953. The zero-order chi connectivity index (χ0) is 41.2. The molecule has 0 spiro atoms. The number of carbonyl (C=O) groups is 4. The maximum Gasteiger partial charge on any atom is 0.422 e. The molecule has 0 radical (unpaired) electrons. The number of thiophene rings is 1. The van der Waals surface area contributed by atoms with Crippen LogP contribution in [0.15, 0.2) is 36.4 Å². The highest BCUT2D eigenvalue weighted by Gasteiger charge is 2.32. The molecule has 1 aliphatic heterocycles. The van der Waals surface area contributed by atoms with E-state index in [1.54, 1.807) is 28.0 Å². The number of ether oxygens (including phenoxy) is 2. The molecule has 304 valence electrons. The van der Waals surface area contributed by atoms with E-state index in [0.29, 0.717) is 48.2 Å². The minimum atomic E-state index is -4.74. The Morgan fingerprint density at radius 3 is 2.38 bits per heavy atom. The number of nitrogens with two attached hydrogens (primary N) is 1. The van der Waals surface area contributed by atoms with Crippen LogP contribution in [0.25, 0.3) is 10.1 Å². The van der Waals surface area contributed by atoms with Gasteiger partial charge < -0.3 is 41.0 Å². The van der Waals surface area contributed by atoms with E-state index in [2.05, 4.69) is 32.5 Å². The molecule has 12 nitrogen and oxygen atoms in total. The fourth-order valence-corrected chi connectivity index (χ4v) is 7.07. The number of esters is 1. The fourth-order valence-electron chi connectivity index (χ4n) is 5.90. The third-order valence-electron chi connectivity index (χ3n) is 8.53. The lowest BCUT2D eigenvalue weighted by Gasteiger charge is -2.33. The van der Waals surface area contributed by atoms with Crippen molar-refractivity contribution >= 4 is 56.5 Å². The Morgan fingerprint density at radius 2 is 1.75 bits per heavy atom. The number of fused-ring (bicyclic) bond motifs is 1. The van der Waals surface area contributed by atoms with E-state index in [-0.39, 0.29) is 53.0 Å². The van der Waals surface area contributed by atoms with Crippen LogP contribution in [0.4, 0.5) is 37.7 Å². The summed E-state index contributed by atoms with van der Waals surface area (Å²) in [4.78, 5) is 52.5. The number of alkyl halides is 6. The normalized spacial score (nSPS) is 14.1. The van der Waals surface area contributed by atoms with Crippen molar-refractivity contribution in [1.29, 1.82) is 0 Å². The van der Waals surface area contributed by atoms with Crippen LogP contribution in [0.5, 0.6) is 5.75 Å². The lowest BCUT2D eigenvalue weighted by Crippen LogP contribution is -2.45. The Bertz CT molecular complexity index is 1950. The van der Waals surface area contributed by atoms with E-state index in [4.69, 9.17) is 10.5 Å². The number of primary amides is 1. The van der Waals surface area contributed by atoms with Crippen LogP contribution in [0.1, 0.15) is 46.5 Å². The van der Waals surface area contributed by atoms with Crippen LogP contribution in [-0.4, -0.2) is 112 Å². The molecular formula is C37H42F6N6O6S. The average molecular weight is 813 g/mol. The van der Waals surface area contributed by atoms with Crippen molar-refractivity contribution in [3.05, 3.63) is 52.4 Å². The smallest absolute Gasteiger partial charge is 0.422 e. The second-order valence-corrected chi connectivity index (χ2v) is 14.3. The van der Waals surface area contributed by atoms with E-state index in [1.807, 2.05) is 14.1 Å². The molecule has 1 unspecified atom stereocenters. The van der Waals surface area contributed by atoms with Crippen molar-refractivity contribution < 1.29 is 55.0 Å². The van der Waals surface area contributed by atoms with Gasteiger partial charge in [0.15, 0.2) is 6.61 Å². The Hall–Kier alpha value is -5.22. The maximum atomic E-state index is 13.8. The molecule has 5 N–H and O–H groups in total. The predicted molar refractivity (Wildman–Crippen MR) is 198 cm³/mol. The molecule has 1 saturated heterocycles. The van der Waals surface area contributed by atoms with Crippen molar-refractivity contribution in [2.45, 2.75) is 56.5 Å². The Balaban J connectivity index is 1.54. The predicted octanol–water partition coefficient (Wildman–Crippen LogP) is 4.91. The zero-order valence-corrected chi connectivity index (χ0v) is 31.6. The van der Waals surface area contributed by atoms with Gasteiger partial charge in [-0.15, -0.1) is 11.3 Å². The molecule has 2 aromatic carbocycles. The number of carbonyl (C=O) groups excluding carboxylic acids is 4. The van der Waals surface area contributed by atoms with Crippen molar-refractivity contribution in [3.63, 3.8) is 0 Å². The molecule has 1 aliphatic rings. The number of piperidine rings is 1. The Morgan fingerprint density at radius 1 is 1.04 bits per heavy atom. The first-order valence-electron chi connectivity index (χ1n) is 17.4. The van der Waals surface area contributed by atoms with Crippen LogP contribution in [0, 0.1) is 11.8 Å². The summed E-state index contributed by atoms with van der Waals surface area (Å²) in [5.74, 6) is 2.67. The highest BCUT2D eigenvalue weighted by molar-refractivity contribution is 7.20. The molecule has 0 aliphatic carbocycles. The minimum absolute atomic E-state index is 0.00819. The van der Waals surface area contributed by atoms with Crippen LogP contribution in [-0.2, 0) is 25.5 Å². The molecule has 1 aromatic heterocycles. The largest absolute Gasteiger partial charge is 0.482 e. The van der Waals surface area contributed by atoms with Crippen molar-refractivity contribution in [2.24, 2.45) is 5.73 Å². The van der Waals surface area contributed by atoms with Crippen LogP contribution >= 0.6 is 11.3 Å². The number of rotatable bonds is 15. The number of anilines is 2. The first-order valence-corrected chi connectivity index (χ1v) is 18.2. The number of halogens is 6. The molecule has 2 heterocycles. The van der Waals surface area contributed by atoms with Crippen LogP contribution in [0.3, 0.4) is 0 Å². The van der Waals surface area contributed by atoms with E-state index < -0.39 is 55.0 Å². The Kier molecular flexibility index (Phi) is 14.8. The van der Waals surface area contributed by atoms with Crippen LogP contribution in [0.2, 0.25) is 0 Å². The number of hydrogen-bond acceptors (Lipinski definition) is 10. The van der Waals surface area contributed by atoms with Gasteiger partial charge in [0.2, 0.25) is 11.8 Å².